The Morgan fingerprint density at radius 1 is 1.04 bits per heavy atom. The molecule has 0 fully saturated rings. The van der Waals surface area contributed by atoms with Gasteiger partial charge in [-0.3, -0.25) is 10.00 Å². The van der Waals surface area contributed by atoms with E-state index < -0.39 is 0 Å². The predicted molar refractivity (Wildman–Crippen MR) is 109 cm³/mol. The number of aryl methyl sites for hydroxylation is 1. The fraction of sp³-hybridized carbons (Fsp3) is 0.238. The van der Waals surface area contributed by atoms with Crippen LogP contribution in [0.25, 0.3) is 11.3 Å². The van der Waals surface area contributed by atoms with E-state index in [-0.39, 0.29) is 12.1 Å². The molecule has 0 bridgehead atoms. The van der Waals surface area contributed by atoms with Gasteiger partial charge in [0.15, 0.2) is 17.3 Å². The van der Waals surface area contributed by atoms with Crippen molar-refractivity contribution in [1.29, 1.82) is 0 Å². The Hall–Kier alpha value is -3.48. The summed E-state index contributed by atoms with van der Waals surface area (Å²) in [6.07, 6.45) is 0. The first-order valence-electron chi connectivity index (χ1n) is 8.90. The Kier molecular flexibility index (Phi) is 5.84. The third-order valence-electron chi connectivity index (χ3n) is 4.45. The molecule has 0 aliphatic rings. The number of carbonyl (C=O) groups is 1. The van der Waals surface area contributed by atoms with Gasteiger partial charge in [0.2, 0.25) is 0 Å². The smallest absolute Gasteiger partial charge is 0.320 e. The van der Waals surface area contributed by atoms with Crippen LogP contribution in [0.15, 0.2) is 54.6 Å². The van der Waals surface area contributed by atoms with E-state index in [4.69, 9.17) is 9.47 Å². The molecule has 0 saturated carbocycles. The third-order valence-corrected chi connectivity index (χ3v) is 4.45. The standard InChI is InChI=1S/C21H24N4O3/c1-14(16-10-11-18(27-3)19(12-16)28-4)22-21(26)23-20-13-17(25(2)24-20)15-8-6-5-7-9-15/h5-14H,1-4H3,(H2,22,23,24,26). The summed E-state index contributed by atoms with van der Waals surface area (Å²) in [7, 11) is 5.01. The van der Waals surface area contributed by atoms with Crippen molar-refractivity contribution in [3.05, 3.63) is 60.2 Å². The Labute approximate surface area is 164 Å². The normalized spacial score (nSPS) is 11.6. The summed E-state index contributed by atoms with van der Waals surface area (Å²) in [5, 5.41) is 10.1. The van der Waals surface area contributed by atoms with Crippen molar-refractivity contribution in [3.63, 3.8) is 0 Å². The molecule has 28 heavy (non-hydrogen) atoms. The zero-order chi connectivity index (χ0) is 20.1. The molecule has 1 heterocycles. The second-order valence-electron chi connectivity index (χ2n) is 6.34. The van der Waals surface area contributed by atoms with Crippen LogP contribution < -0.4 is 20.1 Å². The van der Waals surface area contributed by atoms with Gasteiger partial charge in [0, 0.05) is 13.1 Å². The van der Waals surface area contributed by atoms with Gasteiger partial charge in [-0.15, -0.1) is 0 Å². The molecule has 1 atom stereocenters. The fourth-order valence-electron chi connectivity index (χ4n) is 2.96. The van der Waals surface area contributed by atoms with Gasteiger partial charge in [-0.2, -0.15) is 5.10 Å². The van der Waals surface area contributed by atoms with Crippen LogP contribution in [-0.4, -0.2) is 30.0 Å². The summed E-state index contributed by atoms with van der Waals surface area (Å²) >= 11 is 0. The average molecular weight is 380 g/mol. The minimum absolute atomic E-state index is 0.225. The zero-order valence-corrected chi connectivity index (χ0v) is 16.4. The highest BCUT2D eigenvalue weighted by atomic mass is 16.5. The maximum atomic E-state index is 12.4. The average Bonchev–Trinajstić information content (AvgIpc) is 3.07. The van der Waals surface area contributed by atoms with Crippen LogP contribution in [-0.2, 0) is 7.05 Å². The van der Waals surface area contributed by atoms with Crippen molar-refractivity contribution in [2.24, 2.45) is 7.05 Å². The van der Waals surface area contributed by atoms with Crippen molar-refractivity contribution in [2.75, 3.05) is 19.5 Å². The quantitative estimate of drug-likeness (QED) is 0.678. The first kappa shape index (κ1) is 19.3. The largest absolute Gasteiger partial charge is 0.493 e. The van der Waals surface area contributed by atoms with Crippen LogP contribution in [0.3, 0.4) is 0 Å². The molecule has 7 heteroatoms. The predicted octanol–water partition coefficient (Wildman–Crippen LogP) is 3.99. The summed E-state index contributed by atoms with van der Waals surface area (Å²) in [5.74, 6) is 1.74. The molecule has 0 radical (unpaired) electrons. The van der Waals surface area contributed by atoms with E-state index in [1.807, 2.05) is 68.6 Å². The summed E-state index contributed by atoms with van der Waals surface area (Å²) in [6, 6.07) is 16.7. The van der Waals surface area contributed by atoms with Gasteiger partial charge >= 0.3 is 6.03 Å². The Balaban J connectivity index is 1.67. The highest BCUT2D eigenvalue weighted by Gasteiger charge is 2.14. The lowest BCUT2D eigenvalue weighted by Gasteiger charge is -2.16. The SMILES string of the molecule is COc1ccc(C(C)NC(=O)Nc2cc(-c3ccccc3)n(C)n2)cc1OC. The molecular weight excluding hydrogens is 356 g/mol. The lowest BCUT2D eigenvalue weighted by molar-refractivity contribution is 0.249. The molecule has 146 valence electrons. The number of hydrogen-bond acceptors (Lipinski definition) is 4. The molecule has 0 aliphatic carbocycles. The Morgan fingerprint density at radius 3 is 2.43 bits per heavy atom. The molecular formula is C21H24N4O3. The number of methoxy groups -OCH3 is 2. The number of aromatic nitrogens is 2. The monoisotopic (exact) mass is 380 g/mol. The minimum atomic E-state index is -0.333. The maximum Gasteiger partial charge on any atom is 0.320 e. The number of nitrogens with one attached hydrogen (secondary N) is 2. The van der Waals surface area contributed by atoms with Crippen LogP contribution >= 0.6 is 0 Å². The lowest BCUT2D eigenvalue weighted by Crippen LogP contribution is -2.31. The molecule has 2 N–H and O–H groups in total. The first-order chi connectivity index (χ1) is 13.5. The lowest BCUT2D eigenvalue weighted by atomic mass is 10.1. The molecule has 7 nitrogen and oxygen atoms in total. The van der Waals surface area contributed by atoms with Gasteiger partial charge in [-0.05, 0) is 30.2 Å². The van der Waals surface area contributed by atoms with Gasteiger partial charge in [-0.25, -0.2) is 4.79 Å². The molecule has 2 aromatic carbocycles. The first-order valence-corrected chi connectivity index (χ1v) is 8.90. The van der Waals surface area contributed by atoms with E-state index in [9.17, 15) is 4.79 Å². The van der Waals surface area contributed by atoms with Gasteiger partial charge in [0.05, 0.1) is 26.0 Å². The zero-order valence-electron chi connectivity index (χ0n) is 16.4. The van der Waals surface area contributed by atoms with Crippen molar-refractivity contribution < 1.29 is 14.3 Å². The molecule has 2 amide bonds. The number of urea groups is 1. The second-order valence-corrected chi connectivity index (χ2v) is 6.34. The number of nitrogens with zero attached hydrogens (tertiary/aromatic N) is 2. The van der Waals surface area contributed by atoms with Gasteiger partial charge in [-0.1, -0.05) is 36.4 Å². The van der Waals surface area contributed by atoms with Crippen molar-refractivity contribution in [1.82, 2.24) is 15.1 Å². The van der Waals surface area contributed by atoms with Crippen LogP contribution in [0.4, 0.5) is 10.6 Å². The summed E-state index contributed by atoms with van der Waals surface area (Å²) in [5.41, 5.74) is 2.85. The molecule has 0 saturated heterocycles. The topological polar surface area (TPSA) is 77.4 Å². The molecule has 1 aromatic heterocycles. The third kappa shape index (κ3) is 4.25. The highest BCUT2D eigenvalue weighted by molar-refractivity contribution is 5.89. The van der Waals surface area contributed by atoms with Crippen LogP contribution in [0.5, 0.6) is 11.5 Å². The van der Waals surface area contributed by atoms with E-state index in [0.29, 0.717) is 17.3 Å². The van der Waals surface area contributed by atoms with Crippen molar-refractivity contribution in [2.45, 2.75) is 13.0 Å². The molecule has 3 rings (SSSR count). The van der Waals surface area contributed by atoms with Crippen LogP contribution in [0.1, 0.15) is 18.5 Å². The number of anilines is 1. The van der Waals surface area contributed by atoms with Crippen molar-refractivity contribution in [3.8, 4) is 22.8 Å². The number of amides is 2. The number of carbonyl (C=O) groups excluding carboxylic acids is 1. The van der Waals surface area contributed by atoms with Crippen LogP contribution in [0, 0.1) is 0 Å². The van der Waals surface area contributed by atoms with E-state index in [0.717, 1.165) is 16.8 Å². The van der Waals surface area contributed by atoms with Gasteiger partial charge < -0.3 is 14.8 Å². The van der Waals surface area contributed by atoms with Gasteiger partial charge in [0.25, 0.3) is 0 Å². The maximum absolute atomic E-state index is 12.4. The molecule has 1 unspecified atom stereocenters. The fourth-order valence-corrected chi connectivity index (χ4v) is 2.96. The number of hydrogen-bond donors (Lipinski definition) is 2. The van der Waals surface area contributed by atoms with Gasteiger partial charge in [0.1, 0.15) is 0 Å². The molecule has 0 spiro atoms. The van der Waals surface area contributed by atoms with E-state index >= 15 is 0 Å². The minimum Gasteiger partial charge on any atom is -0.493 e. The highest BCUT2D eigenvalue weighted by Crippen LogP contribution is 2.30. The Morgan fingerprint density at radius 2 is 1.75 bits per heavy atom. The molecule has 0 aliphatic heterocycles. The number of ether oxygens (including phenoxy) is 2. The van der Waals surface area contributed by atoms with E-state index in [2.05, 4.69) is 15.7 Å². The van der Waals surface area contributed by atoms with E-state index in [1.165, 1.54) is 0 Å². The summed E-state index contributed by atoms with van der Waals surface area (Å²) in [6.45, 7) is 1.90. The van der Waals surface area contributed by atoms with E-state index in [1.54, 1.807) is 18.9 Å². The number of benzene rings is 2. The van der Waals surface area contributed by atoms with Crippen molar-refractivity contribution >= 4 is 11.8 Å². The summed E-state index contributed by atoms with van der Waals surface area (Å²) in [4.78, 5) is 12.4. The van der Waals surface area contributed by atoms with Crippen LogP contribution in [0.2, 0.25) is 0 Å². The Bertz CT molecular complexity index is 954. The number of rotatable bonds is 6. The molecule has 3 aromatic rings. The second kappa shape index (κ2) is 8.47. The summed E-state index contributed by atoms with van der Waals surface area (Å²) < 4.78 is 12.3.